The van der Waals surface area contributed by atoms with Gasteiger partial charge in [-0.1, -0.05) is 17.3 Å². The number of para-hydroxylation sites is 1. The van der Waals surface area contributed by atoms with Gasteiger partial charge in [0.2, 0.25) is 0 Å². The van der Waals surface area contributed by atoms with Gasteiger partial charge in [-0.05, 0) is 13.0 Å². The Bertz CT molecular complexity index is 508. The van der Waals surface area contributed by atoms with Crippen LogP contribution < -0.4 is 5.32 Å². The number of hydrogen-bond donors (Lipinski definition) is 3. The van der Waals surface area contributed by atoms with E-state index in [1.807, 2.05) is 13.0 Å². The molecule has 0 amide bonds. The molecule has 0 spiro atoms. The first kappa shape index (κ1) is 11.5. The maximum absolute atomic E-state index is 9.57. The molecule has 17 heavy (non-hydrogen) atoms. The zero-order valence-corrected chi connectivity index (χ0v) is 9.47. The van der Waals surface area contributed by atoms with Crippen molar-refractivity contribution >= 4 is 0 Å². The van der Waals surface area contributed by atoms with Crippen molar-refractivity contribution < 1.29 is 14.7 Å². The van der Waals surface area contributed by atoms with Gasteiger partial charge in [0.1, 0.15) is 0 Å². The van der Waals surface area contributed by atoms with Crippen LogP contribution in [0.25, 0.3) is 0 Å². The summed E-state index contributed by atoms with van der Waals surface area (Å²) < 4.78 is 5.03. The average molecular weight is 234 g/mol. The Morgan fingerprint density at radius 1 is 1.29 bits per heavy atom. The van der Waals surface area contributed by atoms with Crippen LogP contribution >= 0.6 is 0 Å². The molecule has 0 aliphatic carbocycles. The largest absolute Gasteiger partial charge is 0.504 e. The van der Waals surface area contributed by atoms with Crippen molar-refractivity contribution in [3.05, 3.63) is 41.3 Å². The second-order valence-electron chi connectivity index (χ2n) is 3.82. The van der Waals surface area contributed by atoms with E-state index in [-0.39, 0.29) is 11.5 Å². The molecule has 2 rings (SSSR count). The summed E-state index contributed by atoms with van der Waals surface area (Å²) in [6.45, 7) is 2.82. The van der Waals surface area contributed by atoms with Crippen LogP contribution in [0.15, 0.2) is 28.8 Å². The number of rotatable bonds is 4. The van der Waals surface area contributed by atoms with Crippen LogP contribution in [0.2, 0.25) is 0 Å². The summed E-state index contributed by atoms with van der Waals surface area (Å²) in [4.78, 5) is 0. The van der Waals surface area contributed by atoms with E-state index in [1.54, 1.807) is 12.1 Å². The fraction of sp³-hybridized carbons (Fsp3) is 0.250. The van der Waals surface area contributed by atoms with Crippen LogP contribution in [0.1, 0.15) is 17.0 Å². The molecule has 0 saturated heterocycles. The summed E-state index contributed by atoms with van der Waals surface area (Å²) in [5.74, 6) is 0.538. The highest BCUT2D eigenvalue weighted by Crippen LogP contribution is 2.27. The molecule has 1 heterocycles. The topological polar surface area (TPSA) is 78.5 Å². The van der Waals surface area contributed by atoms with Gasteiger partial charge in [-0.2, -0.15) is 0 Å². The molecular formula is C12H14N2O3. The Morgan fingerprint density at radius 3 is 2.82 bits per heavy atom. The lowest BCUT2D eigenvalue weighted by Crippen LogP contribution is -2.12. The molecule has 1 aromatic heterocycles. The van der Waals surface area contributed by atoms with Gasteiger partial charge in [0.05, 0.1) is 12.2 Å². The number of hydrogen-bond acceptors (Lipinski definition) is 5. The van der Waals surface area contributed by atoms with Gasteiger partial charge in [0.15, 0.2) is 17.3 Å². The summed E-state index contributed by atoms with van der Waals surface area (Å²) in [5, 5.41) is 25.8. The van der Waals surface area contributed by atoms with E-state index in [1.165, 1.54) is 6.07 Å². The SMILES string of the molecule is Cc1cc(CNCc2cccc(O)c2O)on1. The van der Waals surface area contributed by atoms with Crippen molar-refractivity contribution in [2.24, 2.45) is 0 Å². The smallest absolute Gasteiger partial charge is 0.161 e. The number of aryl methyl sites for hydroxylation is 1. The Balaban J connectivity index is 1.92. The lowest BCUT2D eigenvalue weighted by Gasteiger charge is -2.06. The first-order valence-electron chi connectivity index (χ1n) is 5.29. The Kier molecular flexibility index (Phi) is 3.30. The van der Waals surface area contributed by atoms with E-state index in [4.69, 9.17) is 4.52 Å². The Labute approximate surface area is 98.7 Å². The van der Waals surface area contributed by atoms with Crippen molar-refractivity contribution in [1.82, 2.24) is 10.5 Å². The molecule has 0 aliphatic rings. The summed E-state index contributed by atoms with van der Waals surface area (Å²) in [6, 6.07) is 6.71. The minimum Gasteiger partial charge on any atom is -0.504 e. The lowest BCUT2D eigenvalue weighted by molar-refractivity contribution is 0.367. The summed E-state index contributed by atoms with van der Waals surface area (Å²) in [7, 11) is 0. The van der Waals surface area contributed by atoms with E-state index in [9.17, 15) is 10.2 Å². The van der Waals surface area contributed by atoms with E-state index in [0.29, 0.717) is 18.7 Å². The zero-order chi connectivity index (χ0) is 12.3. The number of phenols is 2. The monoisotopic (exact) mass is 234 g/mol. The van der Waals surface area contributed by atoms with E-state index >= 15 is 0 Å². The van der Waals surface area contributed by atoms with Crippen LogP contribution in [0.5, 0.6) is 11.5 Å². The second-order valence-corrected chi connectivity index (χ2v) is 3.82. The number of nitrogens with one attached hydrogen (secondary N) is 1. The third-order valence-electron chi connectivity index (χ3n) is 2.39. The highest BCUT2D eigenvalue weighted by molar-refractivity contribution is 5.44. The van der Waals surface area contributed by atoms with Gasteiger partial charge in [0.25, 0.3) is 0 Å². The first-order chi connectivity index (χ1) is 8.16. The summed E-state index contributed by atoms with van der Waals surface area (Å²) >= 11 is 0. The third kappa shape index (κ3) is 2.76. The molecule has 5 nitrogen and oxygen atoms in total. The molecular weight excluding hydrogens is 220 g/mol. The fourth-order valence-electron chi connectivity index (χ4n) is 1.54. The standard InChI is InChI=1S/C12H14N2O3/c1-8-5-10(17-14-8)7-13-6-9-3-2-4-11(15)12(9)16/h2-5,13,15-16H,6-7H2,1H3. The molecule has 0 bridgehead atoms. The number of aromatic nitrogens is 1. The number of aromatic hydroxyl groups is 2. The molecule has 2 aromatic rings. The van der Waals surface area contributed by atoms with Crippen molar-refractivity contribution in [3.8, 4) is 11.5 Å². The van der Waals surface area contributed by atoms with E-state index < -0.39 is 0 Å². The predicted molar refractivity (Wildman–Crippen MR) is 61.6 cm³/mol. The predicted octanol–water partition coefficient (Wildman–Crippen LogP) is 1.68. The van der Waals surface area contributed by atoms with Crippen LogP contribution in [0.4, 0.5) is 0 Å². The minimum atomic E-state index is -0.111. The molecule has 0 fully saturated rings. The number of benzene rings is 1. The second kappa shape index (κ2) is 4.88. The van der Waals surface area contributed by atoms with Crippen molar-refractivity contribution in [2.75, 3.05) is 0 Å². The van der Waals surface area contributed by atoms with Crippen LogP contribution in [0.3, 0.4) is 0 Å². The summed E-state index contributed by atoms with van der Waals surface area (Å²) in [6.07, 6.45) is 0. The van der Waals surface area contributed by atoms with Gasteiger partial charge in [-0.3, -0.25) is 0 Å². The minimum absolute atomic E-state index is 0.0891. The maximum Gasteiger partial charge on any atom is 0.161 e. The van der Waals surface area contributed by atoms with Crippen LogP contribution in [-0.4, -0.2) is 15.4 Å². The molecule has 0 unspecified atom stereocenters. The van der Waals surface area contributed by atoms with Crippen molar-refractivity contribution in [3.63, 3.8) is 0 Å². The normalized spacial score (nSPS) is 10.6. The molecule has 0 atom stereocenters. The molecule has 0 aliphatic heterocycles. The summed E-state index contributed by atoms with van der Waals surface area (Å²) in [5.41, 5.74) is 1.48. The molecule has 90 valence electrons. The Morgan fingerprint density at radius 2 is 2.12 bits per heavy atom. The maximum atomic E-state index is 9.57. The fourth-order valence-corrected chi connectivity index (χ4v) is 1.54. The van der Waals surface area contributed by atoms with Gasteiger partial charge in [0, 0.05) is 18.2 Å². The van der Waals surface area contributed by atoms with E-state index in [2.05, 4.69) is 10.5 Å². The number of nitrogens with zero attached hydrogens (tertiary/aromatic N) is 1. The van der Waals surface area contributed by atoms with Gasteiger partial charge >= 0.3 is 0 Å². The third-order valence-corrected chi connectivity index (χ3v) is 2.39. The van der Waals surface area contributed by atoms with Crippen LogP contribution in [-0.2, 0) is 13.1 Å². The van der Waals surface area contributed by atoms with Gasteiger partial charge in [-0.15, -0.1) is 0 Å². The highest BCUT2D eigenvalue weighted by atomic mass is 16.5. The molecule has 1 aromatic carbocycles. The number of phenolic OH excluding ortho intramolecular Hbond substituents is 2. The molecule has 5 heteroatoms. The first-order valence-corrected chi connectivity index (χ1v) is 5.29. The molecule has 3 N–H and O–H groups in total. The Hall–Kier alpha value is -2.01. The van der Waals surface area contributed by atoms with Gasteiger partial charge in [-0.25, -0.2) is 0 Å². The highest BCUT2D eigenvalue weighted by Gasteiger charge is 2.06. The molecule has 0 radical (unpaired) electrons. The van der Waals surface area contributed by atoms with E-state index in [0.717, 1.165) is 11.5 Å². The molecule has 0 saturated carbocycles. The van der Waals surface area contributed by atoms with Crippen molar-refractivity contribution in [2.45, 2.75) is 20.0 Å². The van der Waals surface area contributed by atoms with Crippen molar-refractivity contribution in [1.29, 1.82) is 0 Å². The lowest BCUT2D eigenvalue weighted by atomic mass is 10.2. The quantitative estimate of drug-likeness (QED) is 0.701. The van der Waals surface area contributed by atoms with Crippen LogP contribution in [0, 0.1) is 6.92 Å². The average Bonchev–Trinajstić information content (AvgIpc) is 2.70. The van der Waals surface area contributed by atoms with Gasteiger partial charge < -0.3 is 20.1 Å². The zero-order valence-electron chi connectivity index (χ0n) is 9.47.